The van der Waals surface area contributed by atoms with Crippen LogP contribution in [0.4, 0.5) is 5.82 Å². The number of aromatic nitrogens is 4. The highest BCUT2D eigenvalue weighted by molar-refractivity contribution is 6.76. The average molecular weight is 410 g/mol. The van der Waals surface area contributed by atoms with Gasteiger partial charge in [0, 0.05) is 14.7 Å². The number of anilines is 1. The molecule has 0 unspecified atom stereocenters. The number of aromatic carboxylic acids is 1. The molecule has 3 rings (SSSR count). The Bertz CT molecular complexity index is 852. The molecule has 11 heteroatoms. The molecule has 0 amide bonds. The largest absolute Gasteiger partial charge is 0.476 e. The predicted octanol–water partition coefficient (Wildman–Crippen LogP) is 1.13. The van der Waals surface area contributed by atoms with Crippen LogP contribution < -0.4 is 5.32 Å². The number of nitrogens with one attached hydrogen (secondary N) is 1. The minimum Gasteiger partial charge on any atom is -0.476 e. The fourth-order valence-electron chi connectivity index (χ4n) is 3.18. The highest BCUT2D eigenvalue weighted by Gasteiger charge is 2.34. The number of carbonyl (C=O) groups is 1. The molecule has 0 bridgehead atoms. The summed E-state index contributed by atoms with van der Waals surface area (Å²) in [5, 5.41) is 36.8. The lowest BCUT2D eigenvalue weighted by molar-refractivity contribution is 0.0392. The van der Waals surface area contributed by atoms with E-state index >= 15 is 0 Å². The third kappa shape index (κ3) is 4.49. The topological polar surface area (TPSA) is 143 Å². The van der Waals surface area contributed by atoms with Crippen LogP contribution in [0.3, 0.4) is 0 Å². The molecule has 4 N–H and O–H groups in total. The molecule has 10 nitrogen and oxygen atoms in total. The molecule has 1 saturated carbocycles. The molecule has 1 fully saturated rings. The number of aliphatic hydroxyl groups is 2. The van der Waals surface area contributed by atoms with Crippen molar-refractivity contribution in [2.24, 2.45) is 0 Å². The zero-order chi connectivity index (χ0) is 20.5. The Morgan fingerprint density at radius 2 is 2.07 bits per heavy atom. The Morgan fingerprint density at radius 1 is 1.32 bits per heavy atom. The van der Waals surface area contributed by atoms with Gasteiger partial charge in [-0.15, -0.1) is 0 Å². The van der Waals surface area contributed by atoms with E-state index in [0.717, 1.165) is 6.04 Å². The van der Waals surface area contributed by atoms with Gasteiger partial charge in [0.2, 0.25) is 0 Å². The normalized spacial score (nSPS) is 22.7. The number of hydrogen-bond acceptors (Lipinski definition) is 8. The Morgan fingerprint density at radius 3 is 2.68 bits per heavy atom. The lowest BCUT2D eigenvalue weighted by Crippen LogP contribution is -2.34. The second-order valence-electron chi connectivity index (χ2n) is 8.31. The summed E-state index contributed by atoms with van der Waals surface area (Å²) < 4.78 is 7.10. The highest BCUT2D eigenvalue weighted by atomic mass is 28.3. The molecule has 154 valence electrons. The number of aliphatic hydroxyl groups excluding tert-OH is 2. The summed E-state index contributed by atoms with van der Waals surface area (Å²) in [6, 6.07) is 0.563. The van der Waals surface area contributed by atoms with E-state index in [-0.39, 0.29) is 23.6 Å². The fraction of sp³-hybridized carbons (Fsp3) is 0.647. The van der Waals surface area contributed by atoms with Crippen molar-refractivity contribution in [3.63, 3.8) is 0 Å². The molecule has 0 spiro atoms. The van der Waals surface area contributed by atoms with Crippen LogP contribution in [-0.4, -0.2) is 74.0 Å². The molecule has 1 aliphatic rings. The second kappa shape index (κ2) is 8.11. The van der Waals surface area contributed by atoms with Crippen LogP contribution in [0.15, 0.2) is 6.33 Å². The molecule has 0 aromatic carbocycles. The number of carboxylic acids is 1. The van der Waals surface area contributed by atoms with E-state index in [0.29, 0.717) is 25.1 Å². The number of rotatable bonds is 8. The van der Waals surface area contributed by atoms with Gasteiger partial charge in [-0.3, -0.25) is 0 Å². The van der Waals surface area contributed by atoms with Crippen LogP contribution in [0, 0.1) is 0 Å². The van der Waals surface area contributed by atoms with Crippen LogP contribution in [0.25, 0.3) is 11.0 Å². The maximum absolute atomic E-state index is 11.7. The van der Waals surface area contributed by atoms with Crippen LogP contribution in [0.2, 0.25) is 25.7 Å². The van der Waals surface area contributed by atoms with Crippen LogP contribution in [0.5, 0.6) is 0 Å². The van der Waals surface area contributed by atoms with Gasteiger partial charge in [-0.25, -0.2) is 19.4 Å². The van der Waals surface area contributed by atoms with Crippen molar-refractivity contribution in [1.82, 2.24) is 19.7 Å². The average Bonchev–Trinajstić information content (AvgIpc) is 3.14. The van der Waals surface area contributed by atoms with Gasteiger partial charge in [-0.05, 0) is 18.9 Å². The van der Waals surface area contributed by atoms with Crippen molar-refractivity contribution in [1.29, 1.82) is 0 Å². The summed E-state index contributed by atoms with van der Waals surface area (Å²) in [6.45, 7) is 7.42. The molecule has 1 aliphatic carbocycles. The van der Waals surface area contributed by atoms with Gasteiger partial charge >= 0.3 is 5.97 Å². The highest BCUT2D eigenvalue weighted by Crippen LogP contribution is 2.28. The summed E-state index contributed by atoms with van der Waals surface area (Å²) in [6.07, 6.45) is 0.566. The van der Waals surface area contributed by atoms with Gasteiger partial charge in [0.25, 0.3) is 0 Å². The van der Waals surface area contributed by atoms with E-state index in [1.165, 1.54) is 11.0 Å². The smallest absolute Gasteiger partial charge is 0.357 e. The summed E-state index contributed by atoms with van der Waals surface area (Å²) in [5.41, 5.74) is 0.163. The van der Waals surface area contributed by atoms with E-state index in [2.05, 4.69) is 40.0 Å². The third-order valence-electron chi connectivity index (χ3n) is 4.84. The zero-order valence-corrected chi connectivity index (χ0v) is 17.3. The van der Waals surface area contributed by atoms with Crippen molar-refractivity contribution < 1.29 is 24.9 Å². The summed E-state index contributed by atoms with van der Waals surface area (Å²) in [7, 11) is -1.23. The van der Waals surface area contributed by atoms with E-state index < -0.39 is 32.3 Å². The molecule has 0 aliphatic heterocycles. The van der Waals surface area contributed by atoms with Gasteiger partial charge in [-0.2, -0.15) is 5.10 Å². The quantitative estimate of drug-likeness (QED) is 0.373. The summed E-state index contributed by atoms with van der Waals surface area (Å²) in [4.78, 5) is 20.0. The summed E-state index contributed by atoms with van der Waals surface area (Å²) in [5.74, 6) is -0.926. The van der Waals surface area contributed by atoms with Gasteiger partial charge < -0.3 is 25.4 Å². The lowest BCUT2D eigenvalue weighted by Gasteiger charge is -2.18. The van der Waals surface area contributed by atoms with Crippen LogP contribution >= 0.6 is 0 Å². The first-order valence-corrected chi connectivity index (χ1v) is 13.0. The molecule has 0 radical (unpaired) electrons. The first-order valence-electron chi connectivity index (χ1n) is 9.32. The van der Waals surface area contributed by atoms with Gasteiger partial charge in [-0.1, -0.05) is 19.6 Å². The summed E-state index contributed by atoms with van der Waals surface area (Å²) >= 11 is 0. The lowest BCUT2D eigenvalue weighted by atomic mass is 10.2. The van der Waals surface area contributed by atoms with Crippen molar-refractivity contribution in [2.75, 3.05) is 11.9 Å². The number of carboxylic acid groups (broad SMARTS) is 1. The van der Waals surface area contributed by atoms with Gasteiger partial charge in [0.15, 0.2) is 11.3 Å². The monoisotopic (exact) mass is 409 g/mol. The Hall–Kier alpha value is -2.08. The number of hydrogen-bond donors (Lipinski definition) is 4. The van der Waals surface area contributed by atoms with Gasteiger partial charge in [0.05, 0.1) is 23.6 Å². The minimum atomic E-state index is -1.23. The number of fused-ring (bicyclic) bond motifs is 1. The van der Waals surface area contributed by atoms with Crippen molar-refractivity contribution in [3.05, 3.63) is 12.0 Å². The van der Waals surface area contributed by atoms with Crippen molar-refractivity contribution >= 4 is 30.9 Å². The van der Waals surface area contributed by atoms with E-state index in [4.69, 9.17) is 4.74 Å². The first kappa shape index (κ1) is 20.6. The van der Waals surface area contributed by atoms with Crippen LogP contribution in [-0.2, 0) is 11.5 Å². The molecule has 2 aromatic heterocycles. The van der Waals surface area contributed by atoms with E-state index in [1.54, 1.807) is 0 Å². The molecule has 2 aromatic rings. The first-order chi connectivity index (χ1) is 13.2. The molecular weight excluding hydrogens is 382 g/mol. The maximum atomic E-state index is 11.7. The molecule has 2 heterocycles. The predicted molar refractivity (Wildman–Crippen MR) is 105 cm³/mol. The molecule has 28 heavy (non-hydrogen) atoms. The zero-order valence-electron chi connectivity index (χ0n) is 16.3. The SMILES string of the molecule is C[Si](C)(C)CCOCn1nc(C(=O)O)c2c(N[C@@H]3CC[C@@H](O)[C@H]3O)ncnc21. The third-order valence-corrected chi connectivity index (χ3v) is 6.55. The second-order valence-corrected chi connectivity index (χ2v) is 13.9. The standard InChI is InChI=1S/C17H27N5O5Si/c1-28(2,3)7-6-27-9-22-16-12(13(21-22)17(25)26)15(18-8-19-16)20-10-4-5-11(23)14(10)24/h8,10-11,14,23-24H,4-7,9H2,1-3H3,(H,25,26)(H,18,19,20)/t10-,11-,14+/m1/s1. The Kier molecular flexibility index (Phi) is 5.98. The van der Waals surface area contributed by atoms with E-state index in [1.807, 2.05) is 0 Å². The Balaban J connectivity index is 1.85. The molecule has 0 saturated heterocycles. The Labute approximate surface area is 163 Å². The fourth-order valence-corrected chi connectivity index (χ4v) is 3.94. The van der Waals surface area contributed by atoms with Gasteiger partial charge in [0.1, 0.15) is 18.9 Å². The maximum Gasteiger partial charge on any atom is 0.357 e. The van der Waals surface area contributed by atoms with Crippen molar-refractivity contribution in [2.45, 2.75) is 63.5 Å². The number of nitrogens with zero attached hydrogens (tertiary/aromatic N) is 4. The van der Waals surface area contributed by atoms with E-state index in [9.17, 15) is 20.1 Å². The van der Waals surface area contributed by atoms with Crippen molar-refractivity contribution in [3.8, 4) is 0 Å². The molecule has 3 atom stereocenters. The van der Waals surface area contributed by atoms with Crippen LogP contribution in [0.1, 0.15) is 23.3 Å². The number of ether oxygens (including phenoxy) is 1. The molecular formula is C17H27N5O5Si. The minimum absolute atomic E-state index is 0.0927.